The van der Waals surface area contributed by atoms with Crippen LogP contribution < -0.4 is 19.5 Å². The summed E-state index contributed by atoms with van der Waals surface area (Å²) in [4.78, 5) is 12.4. The molecule has 0 aliphatic rings. The van der Waals surface area contributed by atoms with E-state index in [-0.39, 0.29) is 5.57 Å². The smallest absolute Gasteiger partial charge is 0.266 e. The highest BCUT2D eigenvalue weighted by Crippen LogP contribution is 2.29. The van der Waals surface area contributed by atoms with Gasteiger partial charge in [0.1, 0.15) is 17.4 Å². The molecule has 0 fully saturated rings. The zero-order chi connectivity index (χ0) is 20.4. The molecule has 6 heteroatoms. The van der Waals surface area contributed by atoms with Crippen molar-refractivity contribution in [3.05, 3.63) is 53.6 Å². The Labute approximate surface area is 165 Å². The summed E-state index contributed by atoms with van der Waals surface area (Å²) < 4.78 is 16.1. The second-order valence-corrected chi connectivity index (χ2v) is 5.96. The Morgan fingerprint density at radius 2 is 1.86 bits per heavy atom. The third-order valence-corrected chi connectivity index (χ3v) is 3.97. The number of hydrogen-bond donors (Lipinski definition) is 1. The van der Waals surface area contributed by atoms with Crippen LogP contribution in [0.5, 0.6) is 17.2 Å². The Kier molecular flexibility index (Phi) is 7.92. The summed E-state index contributed by atoms with van der Waals surface area (Å²) in [6.45, 7) is 2.70. The van der Waals surface area contributed by atoms with Crippen LogP contribution in [0.25, 0.3) is 6.08 Å². The van der Waals surface area contributed by atoms with Crippen molar-refractivity contribution in [1.29, 1.82) is 5.26 Å². The quantitative estimate of drug-likeness (QED) is 0.395. The first kappa shape index (κ1) is 20.8. The molecule has 0 saturated heterocycles. The fraction of sp³-hybridized carbons (Fsp3) is 0.273. The van der Waals surface area contributed by atoms with Crippen LogP contribution in [0, 0.1) is 11.3 Å². The molecular formula is C22H24N2O4. The SMILES string of the molecule is CCCCOc1ccc(/C=C(\C#N)C(=O)Nc2ccc(OC)cc2)cc1OC. The summed E-state index contributed by atoms with van der Waals surface area (Å²) in [5.74, 6) is 1.38. The van der Waals surface area contributed by atoms with Crippen molar-refractivity contribution < 1.29 is 19.0 Å². The van der Waals surface area contributed by atoms with E-state index in [0.29, 0.717) is 35.1 Å². The monoisotopic (exact) mass is 380 g/mol. The van der Waals surface area contributed by atoms with E-state index in [1.165, 1.54) is 6.08 Å². The summed E-state index contributed by atoms with van der Waals surface area (Å²) in [5.41, 5.74) is 1.22. The molecule has 0 aromatic heterocycles. The second-order valence-electron chi connectivity index (χ2n) is 5.96. The number of carbonyl (C=O) groups is 1. The van der Waals surface area contributed by atoms with Crippen molar-refractivity contribution in [3.63, 3.8) is 0 Å². The van der Waals surface area contributed by atoms with Gasteiger partial charge in [0.05, 0.1) is 20.8 Å². The van der Waals surface area contributed by atoms with Gasteiger partial charge in [0.2, 0.25) is 0 Å². The number of anilines is 1. The summed E-state index contributed by atoms with van der Waals surface area (Å²) in [7, 11) is 3.12. The maximum absolute atomic E-state index is 12.4. The molecule has 0 radical (unpaired) electrons. The van der Waals surface area contributed by atoms with Gasteiger partial charge in [0.15, 0.2) is 11.5 Å². The number of nitriles is 1. The molecule has 2 rings (SSSR count). The molecule has 6 nitrogen and oxygen atoms in total. The first-order valence-electron chi connectivity index (χ1n) is 8.99. The van der Waals surface area contributed by atoms with Gasteiger partial charge < -0.3 is 19.5 Å². The molecule has 0 aliphatic carbocycles. The van der Waals surface area contributed by atoms with Crippen LogP contribution in [0.1, 0.15) is 25.3 Å². The number of ether oxygens (including phenoxy) is 3. The molecule has 2 aromatic carbocycles. The molecule has 0 heterocycles. The molecule has 28 heavy (non-hydrogen) atoms. The first-order valence-corrected chi connectivity index (χ1v) is 8.99. The molecule has 1 amide bonds. The van der Waals surface area contributed by atoms with E-state index in [9.17, 15) is 10.1 Å². The number of nitrogens with zero attached hydrogens (tertiary/aromatic N) is 1. The molecule has 146 valence electrons. The van der Waals surface area contributed by atoms with Crippen molar-refractivity contribution in [2.75, 3.05) is 26.1 Å². The summed E-state index contributed by atoms with van der Waals surface area (Å²) in [5, 5.41) is 12.1. The number of carbonyl (C=O) groups excluding carboxylic acids is 1. The van der Waals surface area contributed by atoms with Crippen molar-refractivity contribution >= 4 is 17.7 Å². The van der Waals surface area contributed by atoms with Gasteiger partial charge in [-0.3, -0.25) is 4.79 Å². The Bertz CT molecular complexity index is 867. The van der Waals surface area contributed by atoms with Gasteiger partial charge in [-0.05, 0) is 54.5 Å². The van der Waals surface area contributed by atoms with Crippen LogP contribution in [-0.4, -0.2) is 26.7 Å². The van der Waals surface area contributed by atoms with Crippen molar-refractivity contribution in [1.82, 2.24) is 0 Å². The second kappa shape index (κ2) is 10.6. The summed E-state index contributed by atoms with van der Waals surface area (Å²) in [6, 6.07) is 14.1. The van der Waals surface area contributed by atoms with Crippen molar-refractivity contribution in [3.8, 4) is 23.3 Å². The van der Waals surface area contributed by atoms with Gasteiger partial charge in [-0.2, -0.15) is 5.26 Å². The summed E-state index contributed by atoms with van der Waals surface area (Å²) in [6.07, 6.45) is 3.50. The third-order valence-electron chi connectivity index (χ3n) is 3.97. The van der Waals surface area contributed by atoms with E-state index in [4.69, 9.17) is 14.2 Å². The lowest BCUT2D eigenvalue weighted by molar-refractivity contribution is -0.112. The minimum absolute atomic E-state index is 0.0162. The number of rotatable bonds is 9. The predicted octanol–water partition coefficient (Wildman–Crippen LogP) is 4.43. The number of hydrogen-bond acceptors (Lipinski definition) is 5. The molecule has 1 N–H and O–H groups in total. The van der Waals surface area contributed by atoms with Gasteiger partial charge in [-0.25, -0.2) is 0 Å². The van der Waals surface area contributed by atoms with Gasteiger partial charge in [0, 0.05) is 5.69 Å². The minimum Gasteiger partial charge on any atom is -0.497 e. The highest BCUT2D eigenvalue weighted by molar-refractivity contribution is 6.09. The van der Waals surface area contributed by atoms with Crippen LogP contribution in [0.15, 0.2) is 48.0 Å². The van der Waals surface area contributed by atoms with Gasteiger partial charge >= 0.3 is 0 Å². The molecular weight excluding hydrogens is 356 g/mol. The Morgan fingerprint density at radius 3 is 2.46 bits per heavy atom. The normalized spacial score (nSPS) is 10.7. The van der Waals surface area contributed by atoms with Crippen molar-refractivity contribution in [2.45, 2.75) is 19.8 Å². The minimum atomic E-state index is -0.491. The van der Waals surface area contributed by atoms with E-state index in [1.54, 1.807) is 56.7 Å². The zero-order valence-corrected chi connectivity index (χ0v) is 16.3. The van der Waals surface area contributed by atoms with E-state index < -0.39 is 5.91 Å². The average molecular weight is 380 g/mol. The molecule has 2 aromatic rings. The lowest BCUT2D eigenvalue weighted by atomic mass is 10.1. The van der Waals surface area contributed by atoms with Gasteiger partial charge in [0.25, 0.3) is 5.91 Å². The fourth-order valence-electron chi connectivity index (χ4n) is 2.41. The standard InChI is InChI=1S/C22H24N2O4/c1-4-5-12-28-20-11-6-16(14-21(20)27-3)13-17(15-23)22(25)24-18-7-9-19(26-2)10-8-18/h6-11,13-14H,4-5,12H2,1-3H3,(H,24,25)/b17-13+. The van der Waals surface area contributed by atoms with Gasteiger partial charge in [-0.1, -0.05) is 19.4 Å². The van der Waals surface area contributed by atoms with E-state index in [1.807, 2.05) is 6.07 Å². The summed E-state index contributed by atoms with van der Waals surface area (Å²) >= 11 is 0. The predicted molar refractivity (Wildman–Crippen MR) is 109 cm³/mol. The van der Waals surface area contributed by atoms with Crippen molar-refractivity contribution in [2.24, 2.45) is 0 Å². The molecule has 0 saturated carbocycles. The van der Waals surface area contributed by atoms with Crippen LogP contribution in [-0.2, 0) is 4.79 Å². The maximum Gasteiger partial charge on any atom is 0.266 e. The number of nitrogens with one attached hydrogen (secondary N) is 1. The average Bonchev–Trinajstić information content (AvgIpc) is 2.73. The highest BCUT2D eigenvalue weighted by atomic mass is 16.5. The largest absolute Gasteiger partial charge is 0.497 e. The topological polar surface area (TPSA) is 80.6 Å². The number of methoxy groups -OCH3 is 2. The van der Waals surface area contributed by atoms with Crippen LogP contribution in [0.3, 0.4) is 0 Å². The Morgan fingerprint density at radius 1 is 1.11 bits per heavy atom. The van der Waals surface area contributed by atoms with E-state index >= 15 is 0 Å². The number of unbranched alkanes of at least 4 members (excludes halogenated alkanes) is 1. The highest BCUT2D eigenvalue weighted by Gasteiger charge is 2.11. The lowest BCUT2D eigenvalue weighted by Crippen LogP contribution is -2.13. The van der Waals surface area contributed by atoms with Crippen LogP contribution >= 0.6 is 0 Å². The van der Waals surface area contributed by atoms with Gasteiger partial charge in [-0.15, -0.1) is 0 Å². The van der Waals surface area contributed by atoms with Crippen LogP contribution in [0.4, 0.5) is 5.69 Å². The van der Waals surface area contributed by atoms with Crippen LogP contribution in [0.2, 0.25) is 0 Å². The molecule has 0 bridgehead atoms. The molecule has 0 atom stereocenters. The molecule has 0 unspecified atom stereocenters. The first-order chi connectivity index (χ1) is 13.6. The maximum atomic E-state index is 12.4. The lowest BCUT2D eigenvalue weighted by Gasteiger charge is -2.11. The fourth-order valence-corrected chi connectivity index (χ4v) is 2.41. The number of amides is 1. The third kappa shape index (κ3) is 5.78. The zero-order valence-electron chi connectivity index (χ0n) is 16.3. The number of benzene rings is 2. The Hall–Kier alpha value is -3.46. The van der Waals surface area contributed by atoms with E-state index in [2.05, 4.69) is 12.2 Å². The van der Waals surface area contributed by atoms with E-state index in [0.717, 1.165) is 12.8 Å². The molecule has 0 aliphatic heterocycles. The Balaban J connectivity index is 2.15. The molecule has 0 spiro atoms.